The number of hydrogen-bond donors (Lipinski definition) is 0. The van der Waals surface area contributed by atoms with E-state index in [4.69, 9.17) is 9.47 Å². The highest BCUT2D eigenvalue weighted by atomic mass is 16.5. The van der Waals surface area contributed by atoms with Crippen molar-refractivity contribution >= 4 is 0 Å². The molecule has 0 amide bonds. The third-order valence-corrected chi connectivity index (χ3v) is 5.59. The molecule has 0 unspecified atom stereocenters. The summed E-state index contributed by atoms with van der Waals surface area (Å²) in [6, 6.07) is 6.55. The Morgan fingerprint density at radius 2 is 1.17 bits per heavy atom. The molecule has 3 heteroatoms. The number of hydrogen-bond acceptors (Lipinski definition) is 3. The van der Waals surface area contributed by atoms with Gasteiger partial charge < -0.3 is 14.4 Å². The summed E-state index contributed by atoms with van der Waals surface area (Å²) in [7, 11) is 4.27. The van der Waals surface area contributed by atoms with Gasteiger partial charge in [-0.1, -0.05) is 84.1 Å². The summed E-state index contributed by atoms with van der Waals surface area (Å²) in [4.78, 5) is 2.24. The van der Waals surface area contributed by atoms with Crippen molar-refractivity contribution in [3.63, 3.8) is 0 Å². The number of rotatable bonds is 20. The van der Waals surface area contributed by atoms with Gasteiger partial charge in [0, 0.05) is 0 Å². The molecular formula is C27H49NO2. The first kappa shape index (κ1) is 26.8. The molecule has 1 aromatic carbocycles. The fraction of sp³-hybridized carbons (Fsp3) is 0.778. The lowest BCUT2D eigenvalue weighted by molar-refractivity contribution is 0.258. The summed E-state index contributed by atoms with van der Waals surface area (Å²) in [6.07, 6.45) is 17.7. The van der Waals surface area contributed by atoms with Crippen LogP contribution < -0.4 is 9.47 Å². The molecule has 0 aromatic heterocycles. The van der Waals surface area contributed by atoms with Crippen molar-refractivity contribution in [3.8, 4) is 11.5 Å². The van der Waals surface area contributed by atoms with E-state index in [1.54, 1.807) is 0 Å². The molecule has 0 aliphatic rings. The first-order valence-corrected chi connectivity index (χ1v) is 12.7. The van der Waals surface area contributed by atoms with E-state index in [9.17, 15) is 0 Å². The van der Waals surface area contributed by atoms with Gasteiger partial charge in [-0.15, -0.1) is 0 Å². The van der Waals surface area contributed by atoms with E-state index >= 15 is 0 Å². The first-order valence-electron chi connectivity index (χ1n) is 12.7. The Hall–Kier alpha value is -1.22. The molecule has 0 spiro atoms. The minimum absolute atomic E-state index is 0.791. The third-order valence-electron chi connectivity index (χ3n) is 5.59. The smallest absolute Gasteiger partial charge is 0.161 e. The van der Waals surface area contributed by atoms with E-state index < -0.39 is 0 Å². The summed E-state index contributed by atoms with van der Waals surface area (Å²) in [6.45, 7) is 7.23. The molecule has 30 heavy (non-hydrogen) atoms. The Morgan fingerprint density at radius 3 is 1.73 bits per heavy atom. The average Bonchev–Trinajstić information content (AvgIpc) is 2.73. The van der Waals surface area contributed by atoms with Crippen molar-refractivity contribution in [1.29, 1.82) is 0 Å². The van der Waals surface area contributed by atoms with Crippen molar-refractivity contribution < 1.29 is 9.47 Å². The normalized spacial score (nSPS) is 11.2. The monoisotopic (exact) mass is 419 g/mol. The van der Waals surface area contributed by atoms with Gasteiger partial charge in [-0.3, -0.25) is 0 Å². The summed E-state index contributed by atoms with van der Waals surface area (Å²) in [5, 5.41) is 0. The van der Waals surface area contributed by atoms with Crippen LogP contribution in [0.1, 0.15) is 103 Å². The summed E-state index contributed by atoms with van der Waals surface area (Å²) in [5.41, 5.74) is 1.35. The second-order valence-corrected chi connectivity index (χ2v) is 8.92. The molecule has 0 aliphatic carbocycles. The van der Waals surface area contributed by atoms with Crippen LogP contribution in [0.15, 0.2) is 18.2 Å². The molecule has 0 atom stereocenters. The van der Waals surface area contributed by atoms with Gasteiger partial charge in [-0.05, 0) is 64.0 Å². The predicted molar refractivity (Wildman–Crippen MR) is 131 cm³/mol. The molecule has 1 aromatic rings. The maximum absolute atomic E-state index is 6.19. The van der Waals surface area contributed by atoms with Crippen LogP contribution in [-0.4, -0.2) is 38.8 Å². The van der Waals surface area contributed by atoms with Gasteiger partial charge in [0.15, 0.2) is 11.5 Å². The van der Waals surface area contributed by atoms with Crippen LogP contribution >= 0.6 is 0 Å². The van der Waals surface area contributed by atoms with E-state index in [0.29, 0.717) is 0 Å². The Morgan fingerprint density at radius 1 is 0.633 bits per heavy atom. The second-order valence-electron chi connectivity index (χ2n) is 8.92. The Balaban J connectivity index is 2.48. The number of nitrogens with zero attached hydrogens (tertiary/aromatic N) is 1. The van der Waals surface area contributed by atoms with Crippen molar-refractivity contribution in [2.75, 3.05) is 33.9 Å². The molecule has 1 rings (SSSR count). The Labute approximate surface area is 187 Å². The number of benzene rings is 1. The fourth-order valence-corrected chi connectivity index (χ4v) is 3.67. The van der Waals surface area contributed by atoms with Crippen LogP contribution in [-0.2, 0) is 6.42 Å². The SMILES string of the molecule is CCCCCCCCOc1ccc(CCCN(C)C)cc1OCCCCCCCC. The molecule has 3 nitrogen and oxygen atoms in total. The van der Waals surface area contributed by atoms with Gasteiger partial charge in [0.25, 0.3) is 0 Å². The highest BCUT2D eigenvalue weighted by molar-refractivity contribution is 5.43. The van der Waals surface area contributed by atoms with Crippen LogP contribution in [0.25, 0.3) is 0 Å². The molecule has 0 fully saturated rings. The highest BCUT2D eigenvalue weighted by Gasteiger charge is 2.08. The minimum atomic E-state index is 0.791. The highest BCUT2D eigenvalue weighted by Crippen LogP contribution is 2.29. The van der Waals surface area contributed by atoms with E-state index in [2.05, 4.69) is 51.0 Å². The molecular weight excluding hydrogens is 370 g/mol. The number of ether oxygens (including phenoxy) is 2. The molecule has 0 radical (unpaired) electrons. The number of unbranched alkanes of at least 4 members (excludes halogenated alkanes) is 10. The molecule has 0 N–H and O–H groups in total. The molecule has 0 bridgehead atoms. The largest absolute Gasteiger partial charge is 0.490 e. The lowest BCUT2D eigenvalue weighted by Gasteiger charge is -2.15. The molecule has 0 heterocycles. The molecule has 0 aliphatic heterocycles. The fourth-order valence-electron chi connectivity index (χ4n) is 3.67. The maximum atomic E-state index is 6.19. The molecule has 174 valence electrons. The van der Waals surface area contributed by atoms with Gasteiger partial charge >= 0.3 is 0 Å². The van der Waals surface area contributed by atoms with Crippen LogP contribution in [0.2, 0.25) is 0 Å². The summed E-state index contributed by atoms with van der Waals surface area (Å²) < 4.78 is 12.3. The quantitative estimate of drug-likeness (QED) is 0.202. The van der Waals surface area contributed by atoms with Crippen molar-refractivity contribution in [3.05, 3.63) is 23.8 Å². The van der Waals surface area contributed by atoms with Crippen LogP contribution in [0.3, 0.4) is 0 Å². The topological polar surface area (TPSA) is 21.7 Å². The second kappa shape index (κ2) is 18.5. The zero-order chi connectivity index (χ0) is 21.9. The van der Waals surface area contributed by atoms with E-state index in [0.717, 1.165) is 50.5 Å². The van der Waals surface area contributed by atoms with Crippen molar-refractivity contribution in [2.45, 2.75) is 104 Å². The van der Waals surface area contributed by atoms with E-state index in [1.165, 1.54) is 76.2 Å². The summed E-state index contributed by atoms with van der Waals surface area (Å²) in [5.74, 6) is 1.86. The lowest BCUT2D eigenvalue weighted by atomic mass is 10.1. The third kappa shape index (κ3) is 13.9. The van der Waals surface area contributed by atoms with Crippen LogP contribution in [0.5, 0.6) is 11.5 Å². The van der Waals surface area contributed by atoms with Crippen LogP contribution in [0, 0.1) is 0 Å². The maximum Gasteiger partial charge on any atom is 0.161 e. The molecule has 0 saturated heterocycles. The predicted octanol–water partition coefficient (Wildman–Crippen LogP) is 7.66. The standard InChI is InChI=1S/C27H49NO2/c1-5-7-9-11-13-15-22-29-26-20-19-25(18-17-21-28(3)4)24-27(26)30-23-16-14-12-10-8-6-2/h19-20,24H,5-18,21-23H2,1-4H3. The Bertz CT molecular complexity index is 516. The van der Waals surface area contributed by atoms with Gasteiger partial charge in [0.2, 0.25) is 0 Å². The van der Waals surface area contributed by atoms with Crippen molar-refractivity contribution in [1.82, 2.24) is 4.90 Å². The number of aryl methyl sites for hydroxylation is 1. The lowest BCUT2D eigenvalue weighted by Crippen LogP contribution is -2.13. The van der Waals surface area contributed by atoms with Crippen molar-refractivity contribution in [2.24, 2.45) is 0 Å². The molecule has 0 saturated carbocycles. The average molecular weight is 420 g/mol. The van der Waals surface area contributed by atoms with Gasteiger partial charge in [-0.25, -0.2) is 0 Å². The summed E-state index contributed by atoms with van der Waals surface area (Å²) >= 11 is 0. The van der Waals surface area contributed by atoms with Crippen LogP contribution in [0.4, 0.5) is 0 Å². The van der Waals surface area contributed by atoms with Gasteiger partial charge in [0.1, 0.15) is 0 Å². The van der Waals surface area contributed by atoms with E-state index in [1.807, 2.05) is 0 Å². The van der Waals surface area contributed by atoms with E-state index in [-0.39, 0.29) is 0 Å². The minimum Gasteiger partial charge on any atom is -0.490 e. The first-order chi connectivity index (χ1) is 14.7. The Kier molecular flexibility index (Phi) is 16.6. The zero-order valence-electron chi connectivity index (χ0n) is 20.5. The van der Waals surface area contributed by atoms with Gasteiger partial charge in [0.05, 0.1) is 13.2 Å². The zero-order valence-corrected chi connectivity index (χ0v) is 20.5. The van der Waals surface area contributed by atoms with Gasteiger partial charge in [-0.2, -0.15) is 0 Å².